The highest BCUT2D eigenvalue weighted by atomic mass is 32.2. The van der Waals surface area contributed by atoms with Gasteiger partial charge in [-0.3, -0.25) is 0 Å². The van der Waals surface area contributed by atoms with E-state index < -0.39 is 0 Å². The molecule has 1 fully saturated rings. The SMILES string of the molecule is CSCc1cc(N2CCOCC2)nc(-c2ccc(N)c(C(C)=N)c2)n1. The van der Waals surface area contributed by atoms with Gasteiger partial charge in [0.25, 0.3) is 0 Å². The molecule has 3 N–H and O–H groups in total. The number of thioether (sulfide) groups is 1. The highest BCUT2D eigenvalue weighted by molar-refractivity contribution is 7.97. The van der Waals surface area contributed by atoms with Gasteiger partial charge in [-0.2, -0.15) is 11.8 Å². The molecule has 0 aliphatic carbocycles. The molecule has 132 valence electrons. The predicted molar refractivity (Wildman–Crippen MR) is 105 cm³/mol. The molecule has 7 heteroatoms. The van der Waals surface area contributed by atoms with Crippen LogP contribution in [0.4, 0.5) is 11.5 Å². The van der Waals surface area contributed by atoms with Crippen molar-refractivity contribution in [2.75, 3.05) is 43.2 Å². The number of aromatic nitrogens is 2. The van der Waals surface area contributed by atoms with E-state index in [1.807, 2.05) is 18.2 Å². The summed E-state index contributed by atoms with van der Waals surface area (Å²) < 4.78 is 5.44. The van der Waals surface area contributed by atoms with E-state index in [-0.39, 0.29) is 0 Å². The number of nitrogens with zero attached hydrogens (tertiary/aromatic N) is 3. The zero-order valence-electron chi connectivity index (χ0n) is 14.6. The Hall–Kier alpha value is -2.12. The molecule has 25 heavy (non-hydrogen) atoms. The Bertz CT molecular complexity index is 774. The first-order valence-electron chi connectivity index (χ1n) is 8.23. The highest BCUT2D eigenvalue weighted by Gasteiger charge is 2.16. The van der Waals surface area contributed by atoms with Gasteiger partial charge in [0.1, 0.15) is 5.82 Å². The molecule has 0 unspecified atom stereocenters. The van der Waals surface area contributed by atoms with Crippen molar-refractivity contribution < 1.29 is 4.74 Å². The number of nitrogen functional groups attached to an aromatic ring is 1. The molecular weight excluding hydrogens is 334 g/mol. The van der Waals surface area contributed by atoms with Crippen LogP contribution in [-0.2, 0) is 10.5 Å². The number of benzene rings is 1. The van der Waals surface area contributed by atoms with Gasteiger partial charge in [0.15, 0.2) is 5.82 Å². The Morgan fingerprint density at radius 1 is 1.28 bits per heavy atom. The topological polar surface area (TPSA) is 88.1 Å². The van der Waals surface area contributed by atoms with Gasteiger partial charge >= 0.3 is 0 Å². The first kappa shape index (κ1) is 17.7. The van der Waals surface area contributed by atoms with Crippen LogP contribution in [0.2, 0.25) is 0 Å². The summed E-state index contributed by atoms with van der Waals surface area (Å²) in [5.74, 6) is 2.44. The van der Waals surface area contributed by atoms with Crippen molar-refractivity contribution in [3.8, 4) is 11.4 Å². The minimum absolute atomic E-state index is 0.438. The fraction of sp³-hybridized carbons (Fsp3) is 0.389. The number of nitrogens with one attached hydrogen (secondary N) is 1. The number of anilines is 2. The predicted octanol–water partition coefficient (Wildman–Crippen LogP) is 2.81. The molecule has 1 aromatic heterocycles. The third-order valence-corrected chi connectivity index (χ3v) is 4.69. The second-order valence-electron chi connectivity index (χ2n) is 6.00. The molecule has 1 aliphatic heterocycles. The van der Waals surface area contributed by atoms with Gasteiger partial charge < -0.3 is 20.8 Å². The average Bonchev–Trinajstić information content (AvgIpc) is 2.62. The van der Waals surface area contributed by atoms with Gasteiger partial charge in [-0.25, -0.2) is 9.97 Å². The van der Waals surface area contributed by atoms with E-state index in [1.165, 1.54) is 0 Å². The molecule has 0 amide bonds. The van der Waals surface area contributed by atoms with E-state index in [4.69, 9.17) is 25.8 Å². The third-order valence-electron chi connectivity index (χ3n) is 4.11. The van der Waals surface area contributed by atoms with Crippen LogP contribution in [0.15, 0.2) is 24.3 Å². The van der Waals surface area contributed by atoms with E-state index in [2.05, 4.69) is 17.2 Å². The van der Waals surface area contributed by atoms with Crippen LogP contribution in [0.3, 0.4) is 0 Å². The van der Waals surface area contributed by atoms with E-state index in [1.54, 1.807) is 18.7 Å². The van der Waals surface area contributed by atoms with Crippen molar-refractivity contribution in [1.82, 2.24) is 9.97 Å². The summed E-state index contributed by atoms with van der Waals surface area (Å²) in [7, 11) is 0. The molecule has 0 spiro atoms. The Kier molecular flexibility index (Phi) is 5.55. The maximum Gasteiger partial charge on any atom is 0.161 e. The largest absolute Gasteiger partial charge is 0.398 e. The molecule has 0 bridgehead atoms. The number of ether oxygens (including phenoxy) is 1. The zero-order valence-corrected chi connectivity index (χ0v) is 15.4. The highest BCUT2D eigenvalue weighted by Crippen LogP contribution is 2.25. The molecule has 0 atom stereocenters. The van der Waals surface area contributed by atoms with Crippen molar-refractivity contribution in [1.29, 1.82) is 5.41 Å². The molecule has 1 aliphatic rings. The average molecular weight is 357 g/mol. The van der Waals surface area contributed by atoms with Crippen LogP contribution in [-0.4, -0.2) is 48.2 Å². The number of rotatable bonds is 5. The molecule has 2 heterocycles. The van der Waals surface area contributed by atoms with Crippen molar-refractivity contribution in [2.24, 2.45) is 0 Å². The molecule has 0 radical (unpaired) electrons. The molecule has 6 nitrogen and oxygen atoms in total. The standard InChI is InChI=1S/C18H23N5OS/c1-12(19)15-9-13(3-4-16(15)20)18-21-14(11-25-2)10-17(22-18)23-5-7-24-8-6-23/h3-4,9-10,19H,5-8,11,20H2,1-2H3. The summed E-state index contributed by atoms with van der Waals surface area (Å²) >= 11 is 1.74. The van der Waals surface area contributed by atoms with Gasteiger partial charge in [-0.15, -0.1) is 0 Å². The van der Waals surface area contributed by atoms with E-state index >= 15 is 0 Å². The number of hydrogen-bond acceptors (Lipinski definition) is 7. The van der Waals surface area contributed by atoms with Gasteiger partial charge in [-0.1, -0.05) is 0 Å². The fourth-order valence-corrected chi connectivity index (χ4v) is 3.25. The van der Waals surface area contributed by atoms with Crippen molar-refractivity contribution >= 4 is 29.0 Å². The minimum atomic E-state index is 0.438. The number of morpholine rings is 1. The monoisotopic (exact) mass is 357 g/mol. The molecule has 3 rings (SSSR count). The van der Waals surface area contributed by atoms with Gasteiger partial charge in [-0.05, 0) is 31.4 Å². The summed E-state index contributed by atoms with van der Waals surface area (Å²) in [6.07, 6.45) is 2.07. The van der Waals surface area contributed by atoms with Crippen molar-refractivity contribution in [2.45, 2.75) is 12.7 Å². The third kappa shape index (κ3) is 4.11. The Labute approximate surface area is 152 Å². The molecule has 1 saturated heterocycles. The lowest BCUT2D eigenvalue weighted by Gasteiger charge is -2.28. The van der Waals surface area contributed by atoms with Crippen LogP contribution >= 0.6 is 11.8 Å². The first-order chi connectivity index (χ1) is 12.1. The van der Waals surface area contributed by atoms with E-state index in [0.29, 0.717) is 17.2 Å². The van der Waals surface area contributed by atoms with Crippen molar-refractivity contribution in [3.05, 3.63) is 35.5 Å². The summed E-state index contributed by atoms with van der Waals surface area (Å²) in [6, 6.07) is 7.70. The normalized spacial score (nSPS) is 14.6. The molecule has 0 saturated carbocycles. The van der Waals surface area contributed by atoms with Crippen LogP contribution < -0.4 is 10.6 Å². The molecular formula is C18H23N5OS. The van der Waals surface area contributed by atoms with Crippen LogP contribution in [0.5, 0.6) is 0 Å². The van der Waals surface area contributed by atoms with Gasteiger partial charge in [0, 0.05) is 47.4 Å². The summed E-state index contributed by atoms with van der Waals surface area (Å²) in [5, 5.41) is 7.90. The minimum Gasteiger partial charge on any atom is -0.398 e. The maximum atomic E-state index is 7.90. The van der Waals surface area contributed by atoms with Gasteiger partial charge in [0.05, 0.1) is 18.9 Å². The lowest BCUT2D eigenvalue weighted by Crippen LogP contribution is -2.37. The fourth-order valence-electron chi connectivity index (χ4n) is 2.81. The Morgan fingerprint density at radius 2 is 2.04 bits per heavy atom. The van der Waals surface area contributed by atoms with Crippen molar-refractivity contribution in [3.63, 3.8) is 0 Å². The van der Waals surface area contributed by atoms with Gasteiger partial charge in [0.2, 0.25) is 0 Å². The lowest BCUT2D eigenvalue weighted by molar-refractivity contribution is 0.122. The van der Waals surface area contributed by atoms with E-state index in [9.17, 15) is 0 Å². The van der Waals surface area contributed by atoms with E-state index in [0.717, 1.165) is 54.7 Å². The Balaban J connectivity index is 2.04. The summed E-state index contributed by atoms with van der Waals surface area (Å²) in [5.41, 5.74) is 9.64. The number of hydrogen-bond donors (Lipinski definition) is 2. The summed E-state index contributed by atoms with van der Waals surface area (Å²) in [4.78, 5) is 11.7. The zero-order chi connectivity index (χ0) is 17.8. The second kappa shape index (κ2) is 7.84. The smallest absolute Gasteiger partial charge is 0.161 e. The number of nitrogens with two attached hydrogens (primary N) is 1. The summed E-state index contributed by atoms with van der Waals surface area (Å²) in [6.45, 7) is 4.84. The quantitative estimate of drug-likeness (QED) is 0.632. The molecule has 2 aromatic rings. The Morgan fingerprint density at radius 3 is 2.72 bits per heavy atom. The lowest BCUT2D eigenvalue weighted by atomic mass is 10.0. The van der Waals surface area contributed by atoms with Crippen LogP contribution in [0.25, 0.3) is 11.4 Å². The van der Waals surface area contributed by atoms with Crippen LogP contribution in [0.1, 0.15) is 18.2 Å². The second-order valence-corrected chi connectivity index (χ2v) is 6.87. The molecule has 1 aromatic carbocycles. The maximum absolute atomic E-state index is 7.90. The van der Waals surface area contributed by atoms with Crippen LogP contribution in [0, 0.1) is 5.41 Å². The first-order valence-corrected chi connectivity index (χ1v) is 9.63.